The molecule has 0 bridgehead atoms. The average molecular weight is 213 g/mol. The summed E-state index contributed by atoms with van der Waals surface area (Å²) in [6.45, 7) is 1.47. The molecule has 3 nitrogen and oxygen atoms in total. The molecule has 1 N–H and O–H groups in total. The number of amides is 2. The highest BCUT2D eigenvalue weighted by Crippen LogP contribution is 2.30. The predicted molar refractivity (Wildman–Crippen MR) is 49.3 cm³/mol. The quantitative estimate of drug-likeness (QED) is 0.770. The van der Waals surface area contributed by atoms with Gasteiger partial charge in [-0.05, 0) is 12.5 Å². The maximum atomic E-state index is 13.4. The zero-order valence-corrected chi connectivity index (χ0v) is 7.96. The molecular weight excluding hydrogens is 204 g/mol. The Balaban J connectivity index is 3.10. The largest absolute Gasteiger partial charge is 0.350 e. The molecule has 0 atom stereocenters. The van der Waals surface area contributed by atoms with Crippen LogP contribution in [0.5, 0.6) is 0 Å². The number of alkyl halides is 2. The van der Waals surface area contributed by atoms with Gasteiger partial charge in [0.05, 0.1) is 0 Å². The molecule has 15 heavy (non-hydrogen) atoms. The lowest BCUT2D eigenvalue weighted by atomic mass is 10.0. The van der Waals surface area contributed by atoms with Crippen molar-refractivity contribution in [3.8, 4) is 0 Å². The molecule has 1 rings (SSSR count). The van der Waals surface area contributed by atoms with Crippen LogP contribution in [0.2, 0.25) is 0 Å². The van der Waals surface area contributed by atoms with Crippen LogP contribution in [0, 0.1) is 6.92 Å². The van der Waals surface area contributed by atoms with Gasteiger partial charge < -0.3 is 0 Å². The second-order valence-electron chi connectivity index (χ2n) is 2.98. The van der Waals surface area contributed by atoms with Crippen molar-refractivity contribution in [1.29, 1.82) is 0 Å². The number of carbonyl (C=O) groups excluding carboxylic acids is 2. The van der Waals surface area contributed by atoms with Crippen LogP contribution in [-0.2, 0) is 15.5 Å². The number of benzene rings is 1. The highest BCUT2D eigenvalue weighted by atomic mass is 19.3. The van der Waals surface area contributed by atoms with E-state index < -0.39 is 17.4 Å². The van der Waals surface area contributed by atoms with Gasteiger partial charge in [0.1, 0.15) is 0 Å². The third-order valence-electron chi connectivity index (χ3n) is 1.96. The van der Waals surface area contributed by atoms with Gasteiger partial charge >= 0.3 is 11.8 Å². The monoisotopic (exact) mass is 213 g/mol. The third kappa shape index (κ3) is 2.18. The minimum Gasteiger partial charge on any atom is -0.293 e. The molecule has 1 aromatic rings. The Kier molecular flexibility index (Phi) is 3.14. The number of imide groups is 1. The van der Waals surface area contributed by atoms with Crippen LogP contribution in [0.25, 0.3) is 0 Å². The van der Waals surface area contributed by atoms with Gasteiger partial charge in [0.2, 0.25) is 6.41 Å². The van der Waals surface area contributed by atoms with E-state index in [4.69, 9.17) is 0 Å². The van der Waals surface area contributed by atoms with Crippen LogP contribution in [0.15, 0.2) is 24.3 Å². The molecule has 0 fully saturated rings. The Morgan fingerprint density at radius 2 is 2.00 bits per heavy atom. The summed E-state index contributed by atoms with van der Waals surface area (Å²) in [5.74, 6) is -5.31. The Bertz CT molecular complexity index is 391. The molecular formula is C10H9F2NO2. The molecule has 0 aliphatic heterocycles. The van der Waals surface area contributed by atoms with Gasteiger partial charge in [-0.25, -0.2) is 0 Å². The second kappa shape index (κ2) is 4.16. The van der Waals surface area contributed by atoms with E-state index in [1.54, 1.807) is 6.07 Å². The van der Waals surface area contributed by atoms with Gasteiger partial charge in [0.15, 0.2) is 0 Å². The average Bonchev–Trinajstić information content (AvgIpc) is 2.18. The van der Waals surface area contributed by atoms with Crippen LogP contribution in [0.4, 0.5) is 8.78 Å². The molecule has 0 aliphatic carbocycles. The molecule has 0 saturated heterocycles. The number of hydrogen-bond acceptors (Lipinski definition) is 2. The number of nitrogens with one attached hydrogen (secondary N) is 1. The summed E-state index contributed by atoms with van der Waals surface area (Å²) in [5.41, 5.74) is -0.104. The van der Waals surface area contributed by atoms with Crippen LogP contribution >= 0.6 is 0 Å². The van der Waals surface area contributed by atoms with E-state index in [1.807, 2.05) is 0 Å². The molecule has 2 amide bonds. The van der Waals surface area contributed by atoms with Crippen molar-refractivity contribution in [2.45, 2.75) is 12.8 Å². The minimum atomic E-state index is -3.69. The Hall–Kier alpha value is -1.78. The fourth-order valence-corrected chi connectivity index (χ4v) is 1.19. The van der Waals surface area contributed by atoms with Crippen molar-refractivity contribution in [2.24, 2.45) is 0 Å². The van der Waals surface area contributed by atoms with E-state index in [2.05, 4.69) is 0 Å². The van der Waals surface area contributed by atoms with Crippen LogP contribution in [0.1, 0.15) is 11.1 Å². The van der Waals surface area contributed by atoms with Crippen molar-refractivity contribution in [2.75, 3.05) is 0 Å². The van der Waals surface area contributed by atoms with Gasteiger partial charge in [-0.2, -0.15) is 8.78 Å². The van der Waals surface area contributed by atoms with E-state index in [9.17, 15) is 18.4 Å². The summed E-state index contributed by atoms with van der Waals surface area (Å²) in [5, 5.41) is 1.44. The number of aryl methyl sites for hydroxylation is 1. The summed E-state index contributed by atoms with van der Waals surface area (Å²) in [6.07, 6.45) is -0.0610. The first-order valence-corrected chi connectivity index (χ1v) is 4.18. The number of rotatable bonds is 3. The second-order valence-corrected chi connectivity index (χ2v) is 2.98. The molecule has 0 heterocycles. The Morgan fingerprint density at radius 3 is 2.53 bits per heavy atom. The first kappa shape index (κ1) is 11.3. The van der Waals surface area contributed by atoms with Crippen molar-refractivity contribution in [1.82, 2.24) is 5.32 Å². The van der Waals surface area contributed by atoms with Crippen molar-refractivity contribution >= 4 is 12.3 Å². The van der Waals surface area contributed by atoms with Gasteiger partial charge in [-0.15, -0.1) is 0 Å². The van der Waals surface area contributed by atoms with Gasteiger partial charge in [-0.3, -0.25) is 14.9 Å². The highest BCUT2D eigenvalue weighted by molar-refractivity contribution is 5.92. The van der Waals surface area contributed by atoms with Crippen molar-refractivity contribution < 1.29 is 18.4 Å². The molecule has 0 saturated carbocycles. The van der Waals surface area contributed by atoms with E-state index in [1.165, 1.54) is 24.4 Å². The minimum absolute atomic E-state index is 0.0610. The maximum Gasteiger partial charge on any atom is 0.350 e. The lowest BCUT2D eigenvalue weighted by Crippen LogP contribution is -2.37. The summed E-state index contributed by atoms with van der Waals surface area (Å²) in [6, 6.07) is 5.62. The fraction of sp³-hybridized carbons (Fsp3) is 0.200. The normalized spacial score (nSPS) is 10.9. The van der Waals surface area contributed by atoms with Gasteiger partial charge in [-0.1, -0.05) is 24.3 Å². The van der Waals surface area contributed by atoms with Crippen molar-refractivity contribution in [3.05, 3.63) is 35.4 Å². The van der Waals surface area contributed by atoms with Gasteiger partial charge in [0.25, 0.3) is 0 Å². The van der Waals surface area contributed by atoms with Crippen molar-refractivity contribution in [3.63, 3.8) is 0 Å². The van der Waals surface area contributed by atoms with E-state index in [0.29, 0.717) is 5.56 Å². The molecule has 0 spiro atoms. The number of hydrogen-bond donors (Lipinski definition) is 1. The smallest absolute Gasteiger partial charge is 0.293 e. The molecule has 5 heteroatoms. The summed E-state index contributed by atoms with van der Waals surface area (Å²) in [7, 11) is 0. The molecule has 0 aromatic heterocycles. The maximum absolute atomic E-state index is 13.4. The van der Waals surface area contributed by atoms with E-state index >= 15 is 0 Å². The number of halogens is 2. The molecule has 0 unspecified atom stereocenters. The van der Waals surface area contributed by atoms with Crippen LogP contribution in [-0.4, -0.2) is 12.3 Å². The zero-order valence-electron chi connectivity index (χ0n) is 7.96. The first-order chi connectivity index (χ1) is 7.00. The topological polar surface area (TPSA) is 46.2 Å². The van der Waals surface area contributed by atoms with E-state index in [0.717, 1.165) is 6.07 Å². The zero-order chi connectivity index (χ0) is 11.5. The van der Waals surface area contributed by atoms with E-state index in [-0.39, 0.29) is 6.41 Å². The lowest BCUT2D eigenvalue weighted by Gasteiger charge is -2.16. The lowest BCUT2D eigenvalue weighted by molar-refractivity contribution is -0.148. The van der Waals surface area contributed by atoms with Crippen LogP contribution in [0.3, 0.4) is 0 Å². The first-order valence-electron chi connectivity index (χ1n) is 4.18. The third-order valence-corrected chi connectivity index (χ3v) is 1.96. The van der Waals surface area contributed by atoms with Crippen LogP contribution < -0.4 is 5.32 Å². The predicted octanol–water partition coefficient (Wildman–Crippen LogP) is 1.36. The Labute approximate surface area is 85.1 Å². The Morgan fingerprint density at radius 1 is 1.40 bits per heavy atom. The highest BCUT2D eigenvalue weighted by Gasteiger charge is 2.41. The molecule has 1 aromatic carbocycles. The fourth-order valence-electron chi connectivity index (χ4n) is 1.19. The summed E-state index contributed by atoms with van der Waals surface area (Å²) >= 11 is 0. The number of carbonyl (C=O) groups is 2. The van der Waals surface area contributed by atoms with Gasteiger partial charge in [0, 0.05) is 5.56 Å². The molecule has 0 aliphatic rings. The summed E-state index contributed by atoms with van der Waals surface area (Å²) < 4.78 is 26.9. The SMILES string of the molecule is Cc1ccccc1C(F)(F)C(=O)NC=O. The standard InChI is InChI=1S/C10H9F2NO2/c1-7-4-2-3-5-8(7)10(11,12)9(15)13-6-14/h2-6H,1H3,(H,13,14,15). The molecule has 80 valence electrons. The summed E-state index contributed by atoms with van der Waals surface area (Å²) in [4.78, 5) is 20.8. The molecule has 0 radical (unpaired) electrons.